The Hall–Kier alpha value is -1.65. The van der Waals surface area contributed by atoms with Gasteiger partial charge in [-0.2, -0.15) is 5.10 Å². The molecule has 2 fully saturated rings. The SMILES string of the molecule is COC1[C@@H]2CC[C@H]1CN(Cc1cccc(-n3nc(C)cc3C)c1)C2. The lowest BCUT2D eigenvalue weighted by Crippen LogP contribution is -2.45. The number of benzene rings is 1. The lowest BCUT2D eigenvalue weighted by atomic mass is 9.94. The quantitative estimate of drug-likeness (QED) is 0.863. The van der Waals surface area contributed by atoms with Crippen molar-refractivity contribution in [2.75, 3.05) is 20.2 Å². The third kappa shape index (κ3) is 2.89. The molecule has 1 aliphatic carbocycles. The molecule has 0 N–H and O–H groups in total. The second-order valence-electron chi connectivity index (χ2n) is 7.50. The monoisotopic (exact) mass is 325 g/mol. The van der Waals surface area contributed by atoms with Gasteiger partial charge in [0.15, 0.2) is 0 Å². The smallest absolute Gasteiger partial charge is 0.0652 e. The number of hydrogen-bond donors (Lipinski definition) is 0. The zero-order valence-electron chi connectivity index (χ0n) is 14.9. The van der Waals surface area contributed by atoms with Crippen molar-refractivity contribution in [1.29, 1.82) is 0 Å². The summed E-state index contributed by atoms with van der Waals surface area (Å²) in [5, 5.41) is 4.61. The number of likely N-dealkylation sites (tertiary alicyclic amines) is 1. The first kappa shape index (κ1) is 15.9. The number of ether oxygens (including phenoxy) is 1. The zero-order chi connectivity index (χ0) is 16.7. The molecule has 24 heavy (non-hydrogen) atoms. The number of aryl methyl sites for hydroxylation is 2. The molecular formula is C20H27N3O. The molecule has 128 valence electrons. The van der Waals surface area contributed by atoms with E-state index in [0.717, 1.165) is 17.9 Å². The van der Waals surface area contributed by atoms with Crippen molar-refractivity contribution in [3.63, 3.8) is 0 Å². The molecule has 4 heteroatoms. The molecule has 1 aliphatic heterocycles. The summed E-state index contributed by atoms with van der Waals surface area (Å²) in [5.41, 5.74) is 4.78. The standard InChI is InChI=1S/C20H27N3O/c1-14-9-15(2)23(21-14)19-6-4-5-16(10-19)11-22-12-17-7-8-18(13-22)20(17)24-3/h4-6,9-10,17-18,20H,7-8,11-13H2,1-3H3/t17-,18+,20?. The highest BCUT2D eigenvalue weighted by molar-refractivity contribution is 5.37. The number of piperidine rings is 1. The van der Waals surface area contributed by atoms with Crippen molar-refractivity contribution < 1.29 is 4.74 Å². The van der Waals surface area contributed by atoms with Crippen LogP contribution in [0.1, 0.15) is 29.8 Å². The Balaban J connectivity index is 1.50. The van der Waals surface area contributed by atoms with E-state index in [-0.39, 0.29) is 0 Å². The van der Waals surface area contributed by atoms with Crippen LogP contribution in [0.15, 0.2) is 30.3 Å². The number of fused-ring (bicyclic) bond motifs is 2. The molecule has 1 aromatic carbocycles. The van der Waals surface area contributed by atoms with Gasteiger partial charge in [-0.15, -0.1) is 0 Å². The first-order valence-corrected chi connectivity index (χ1v) is 9.02. The minimum atomic E-state index is 0.488. The van der Waals surface area contributed by atoms with E-state index in [1.165, 1.54) is 37.2 Å². The highest BCUT2D eigenvalue weighted by Crippen LogP contribution is 2.39. The van der Waals surface area contributed by atoms with E-state index < -0.39 is 0 Å². The summed E-state index contributed by atoms with van der Waals surface area (Å²) in [6, 6.07) is 10.9. The van der Waals surface area contributed by atoms with E-state index in [4.69, 9.17) is 4.74 Å². The molecule has 2 heterocycles. The highest BCUT2D eigenvalue weighted by Gasteiger charge is 2.41. The van der Waals surface area contributed by atoms with E-state index in [2.05, 4.69) is 47.3 Å². The molecule has 1 aromatic heterocycles. The Morgan fingerprint density at radius 1 is 1.12 bits per heavy atom. The Morgan fingerprint density at radius 3 is 2.50 bits per heavy atom. The fourth-order valence-corrected chi connectivity index (χ4v) is 4.72. The zero-order valence-corrected chi connectivity index (χ0v) is 14.9. The van der Waals surface area contributed by atoms with E-state index >= 15 is 0 Å². The average Bonchev–Trinajstić information content (AvgIpc) is 3.03. The van der Waals surface area contributed by atoms with Gasteiger partial charge < -0.3 is 4.74 Å². The normalized spacial score (nSPS) is 26.9. The molecule has 2 aromatic rings. The summed E-state index contributed by atoms with van der Waals surface area (Å²) in [4.78, 5) is 2.61. The Labute approximate surface area is 144 Å². The maximum absolute atomic E-state index is 5.73. The minimum Gasteiger partial charge on any atom is -0.381 e. The summed E-state index contributed by atoms with van der Waals surface area (Å²) in [7, 11) is 1.88. The number of rotatable bonds is 4. The molecule has 2 bridgehead atoms. The Bertz CT molecular complexity index is 709. The molecular weight excluding hydrogens is 298 g/mol. The molecule has 0 spiro atoms. The maximum Gasteiger partial charge on any atom is 0.0652 e. The fraction of sp³-hybridized carbons (Fsp3) is 0.550. The van der Waals surface area contributed by atoms with Crippen LogP contribution >= 0.6 is 0 Å². The predicted molar refractivity (Wildman–Crippen MR) is 95.3 cm³/mol. The maximum atomic E-state index is 5.73. The Morgan fingerprint density at radius 2 is 1.88 bits per heavy atom. The molecule has 0 amide bonds. The summed E-state index contributed by atoms with van der Waals surface area (Å²) in [6.45, 7) is 7.51. The van der Waals surface area contributed by atoms with Gasteiger partial charge in [-0.1, -0.05) is 12.1 Å². The number of methoxy groups -OCH3 is 1. The van der Waals surface area contributed by atoms with Gasteiger partial charge >= 0.3 is 0 Å². The molecule has 4 rings (SSSR count). The van der Waals surface area contributed by atoms with E-state index in [1.807, 2.05) is 18.7 Å². The summed E-state index contributed by atoms with van der Waals surface area (Å²) >= 11 is 0. The van der Waals surface area contributed by atoms with Crippen LogP contribution in [0.4, 0.5) is 0 Å². The van der Waals surface area contributed by atoms with Crippen molar-refractivity contribution in [3.05, 3.63) is 47.3 Å². The lowest BCUT2D eigenvalue weighted by molar-refractivity contribution is -0.0180. The third-order valence-electron chi connectivity index (χ3n) is 5.67. The van der Waals surface area contributed by atoms with Crippen LogP contribution in [0, 0.1) is 25.7 Å². The predicted octanol–water partition coefficient (Wildman–Crippen LogP) is 3.35. The van der Waals surface area contributed by atoms with Gasteiger partial charge in [0.05, 0.1) is 17.5 Å². The van der Waals surface area contributed by atoms with Crippen molar-refractivity contribution in [2.45, 2.75) is 39.3 Å². The van der Waals surface area contributed by atoms with Gasteiger partial charge in [0.1, 0.15) is 0 Å². The van der Waals surface area contributed by atoms with Crippen LogP contribution in [-0.4, -0.2) is 41.0 Å². The van der Waals surface area contributed by atoms with Gasteiger partial charge in [-0.3, -0.25) is 4.90 Å². The molecule has 2 aliphatic rings. The second-order valence-corrected chi connectivity index (χ2v) is 7.50. The third-order valence-corrected chi connectivity index (χ3v) is 5.67. The summed E-state index contributed by atoms with van der Waals surface area (Å²) in [6.07, 6.45) is 3.14. The van der Waals surface area contributed by atoms with Crippen LogP contribution in [0.2, 0.25) is 0 Å². The van der Waals surface area contributed by atoms with Crippen LogP contribution in [0.25, 0.3) is 5.69 Å². The van der Waals surface area contributed by atoms with Crippen LogP contribution in [0.5, 0.6) is 0 Å². The van der Waals surface area contributed by atoms with Gasteiger partial charge in [-0.05, 0) is 62.3 Å². The Kier molecular flexibility index (Phi) is 4.19. The van der Waals surface area contributed by atoms with Gasteiger partial charge in [-0.25, -0.2) is 4.68 Å². The summed E-state index contributed by atoms with van der Waals surface area (Å²) < 4.78 is 7.77. The highest BCUT2D eigenvalue weighted by atomic mass is 16.5. The fourth-order valence-electron chi connectivity index (χ4n) is 4.72. The van der Waals surface area contributed by atoms with Gasteiger partial charge in [0.25, 0.3) is 0 Å². The van der Waals surface area contributed by atoms with E-state index in [0.29, 0.717) is 17.9 Å². The van der Waals surface area contributed by atoms with Crippen molar-refractivity contribution >= 4 is 0 Å². The van der Waals surface area contributed by atoms with Crippen molar-refractivity contribution in [2.24, 2.45) is 11.8 Å². The number of aromatic nitrogens is 2. The molecule has 1 unspecified atom stereocenters. The second kappa shape index (κ2) is 6.34. The van der Waals surface area contributed by atoms with E-state index in [1.54, 1.807) is 0 Å². The topological polar surface area (TPSA) is 30.3 Å². The van der Waals surface area contributed by atoms with Gasteiger partial charge in [0.2, 0.25) is 0 Å². The van der Waals surface area contributed by atoms with Crippen LogP contribution in [0.3, 0.4) is 0 Å². The lowest BCUT2D eigenvalue weighted by Gasteiger charge is -2.37. The van der Waals surface area contributed by atoms with Crippen LogP contribution in [-0.2, 0) is 11.3 Å². The first-order valence-electron chi connectivity index (χ1n) is 9.02. The van der Waals surface area contributed by atoms with Crippen LogP contribution < -0.4 is 0 Å². The van der Waals surface area contributed by atoms with E-state index in [9.17, 15) is 0 Å². The molecule has 1 saturated heterocycles. The molecule has 0 radical (unpaired) electrons. The molecule has 4 nitrogen and oxygen atoms in total. The number of nitrogens with zero attached hydrogens (tertiary/aromatic N) is 3. The largest absolute Gasteiger partial charge is 0.381 e. The van der Waals surface area contributed by atoms with Crippen molar-refractivity contribution in [1.82, 2.24) is 14.7 Å². The number of hydrogen-bond acceptors (Lipinski definition) is 3. The molecule has 1 saturated carbocycles. The minimum absolute atomic E-state index is 0.488. The average molecular weight is 325 g/mol. The molecule has 3 atom stereocenters. The van der Waals surface area contributed by atoms with Gasteiger partial charge in [0, 0.05) is 32.4 Å². The first-order chi connectivity index (χ1) is 11.6. The summed E-state index contributed by atoms with van der Waals surface area (Å²) in [5.74, 6) is 1.43. The van der Waals surface area contributed by atoms with Crippen molar-refractivity contribution in [3.8, 4) is 5.69 Å².